The molecule has 0 radical (unpaired) electrons. The van der Waals surface area contributed by atoms with Crippen LogP contribution in [0.3, 0.4) is 0 Å². The molecule has 0 aliphatic carbocycles. The Bertz CT molecular complexity index is 542. The molecule has 2 N–H and O–H groups in total. The summed E-state index contributed by atoms with van der Waals surface area (Å²) in [5, 5.41) is 14.7. The summed E-state index contributed by atoms with van der Waals surface area (Å²) < 4.78 is 12.8. The molecule has 7 heteroatoms. The number of oxime groups is 1. The molecule has 0 spiro atoms. The first-order chi connectivity index (χ1) is 9.56. The molecule has 1 atom stereocenters. The number of carboxylic acids is 1. The molecule has 6 nitrogen and oxygen atoms in total. The van der Waals surface area contributed by atoms with Crippen LogP contribution in [0.15, 0.2) is 29.4 Å². The van der Waals surface area contributed by atoms with Crippen LogP contribution in [0.25, 0.3) is 0 Å². The number of amides is 1. The second kappa shape index (κ2) is 6.14. The van der Waals surface area contributed by atoms with E-state index in [2.05, 4.69) is 10.5 Å². The lowest BCUT2D eigenvalue weighted by Gasteiger charge is -2.08. The second-order valence-electron chi connectivity index (χ2n) is 4.28. The Morgan fingerprint density at radius 1 is 1.40 bits per heavy atom. The van der Waals surface area contributed by atoms with E-state index in [0.717, 1.165) is 0 Å². The zero-order valence-corrected chi connectivity index (χ0v) is 10.5. The number of carbonyl (C=O) groups excluding carboxylic acids is 1. The lowest BCUT2D eigenvalue weighted by molar-refractivity contribution is -0.137. The van der Waals surface area contributed by atoms with Gasteiger partial charge in [0.2, 0.25) is 6.10 Å². The number of carboxylic acid groups (broad SMARTS) is 1. The predicted octanol–water partition coefficient (Wildman–Crippen LogP) is 0.910. The van der Waals surface area contributed by atoms with Crippen molar-refractivity contribution in [2.45, 2.75) is 18.9 Å². The average molecular weight is 280 g/mol. The van der Waals surface area contributed by atoms with Gasteiger partial charge in [0.1, 0.15) is 5.82 Å². The summed E-state index contributed by atoms with van der Waals surface area (Å²) in [6.07, 6.45) is -0.654. The zero-order chi connectivity index (χ0) is 14.5. The van der Waals surface area contributed by atoms with Crippen molar-refractivity contribution in [3.63, 3.8) is 0 Å². The maximum atomic E-state index is 12.8. The summed E-state index contributed by atoms with van der Waals surface area (Å²) in [4.78, 5) is 27.0. The fourth-order valence-corrected chi connectivity index (χ4v) is 1.74. The molecule has 0 saturated heterocycles. The molecule has 0 aromatic heterocycles. The van der Waals surface area contributed by atoms with Crippen molar-refractivity contribution in [1.82, 2.24) is 5.32 Å². The van der Waals surface area contributed by atoms with Crippen molar-refractivity contribution < 1.29 is 23.9 Å². The summed E-state index contributed by atoms with van der Waals surface area (Å²) in [6, 6.07) is 5.72. The lowest BCUT2D eigenvalue weighted by atomic mass is 10.0. The van der Waals surface area contributed by atoms with E-state index in [1.807, 2.05) is 0 Å². The summed E-state index contributed by atoms with van der Waals surface area (Å²) in [5.41, 5.74) is 1.25. The predicted molar refractivity (Wildman–Crippen MR) is 67.7 cm³/mol. The van der Waals surface area contributed by atoms with E-state index >= 15 is 0 Å². The first-order valence-electron chi connectivity index (χ1n) is 6.04. The highest BCUT2D eigenvalue weighted by Crippen LogP contribution is 2.17. The first kappa shape index (κ1) is 14.0. The van der Waals surface area contributed by atoms with E-state index in [9.17, 15) is 14.0 Å². The van der Waals surface area contributed by atoms with Crippen LogP contribution in [0.5, 0.6) is 0 Å². The molecule has 1 aliphatic heterocycles. The fraction of sp³-hybridized carbons (Fsp3) is 0.308. The molecule has 1 aromatic rings. The van der Waals surface area contributed by atoms with Crippen molar-refractivity contribution in [3.8, 4) is 0 Å². The van der Waals surface area contributed by atoms with E-state index in [0.29, 0.717) is 11.3 Å². The van der Waals surface area contributed by atoms with Crippen LogP contribution in [0, 0.1) is 5.82 Å². The summed E-state index contributed by atoms with van der Waals surface area (Å²) in [6.45, 7) is 0.0416. The van der Waals surface area contributed by atoms with Crippen LogP contribution < -0.4 is 5.32 Å². The topological polar surface area (TPSA) is 88.0 Å². The summed E-state index contributed by atoms with van der Waals surface area (Å²) in [7, 11) is 0. The van der Waals surface area contributed by atoms with Gasteiger partial charge in [-0.05, 0) is 17.7 Å². The van der Waals surface area contributed by atoms with Crippen LogP contribution in [-0.2, 0) is 14.4 Å². The van der Waals surface area contributed by atoms with Gasteiger partial charge < -0.3 is 15.3 Å². The third kappa shape index (κ3) is 3.53. The molecule has 1 aromatic carbocycles. The fourth-order valence-electron chi connectivity index (χ4n) is 1.74. The van der Waals surface area contributed by atoms with Gasteiger partial charge in [-0.1, -0.05) is 17.3 Å². The van der Waals surface area contributed by atoms with Gasteiger partial charge >= 0.3 is 5.97 Å². The molecule has 0 bridgehead atoms. The highest BCUT2D eigenvalue weighted by Gasteiger charge is 2.28. The molecule has 1 heterocycles. The van der Waals surface area contributed by atoms with Crippen molar-refractivity contribution in [2.75, 3.05) is 6.54 Å². The number of halogens is 1. The van der Waals surface area contributed by atoms with E-state index in [1.54, 1.807) is 12.1 Å². The molecule has 20 heavy (non-hydrogen) atoms. The molecule has 1 aliphatic rings. The smallest absolute Gasteiger partial charge is 0.305 e. The minimum Gasteiger partial charge on any atom is -0.481 e. The van der Waals surface area contributed by atoms with Gasteiger partial charge in [0, 0.05) is 13.0 Å². The second-order valence-corrected chi connectivity index (χ2v) is 4.28. The quantitative estimate of drug-likeness (QED) is 0.839. The van der Waals surface area contributed by atoms with Gasteiger partial charge in [-0.25, -0.2) is 4.39 Å². The van der Waals surface area contributed by atoms with Gasteiger partial charge in [0.05, 0.1) is 12.1 Å². The van der Waals surface area contributed by atoms with E-state index in [1.165, 1.54) is 12.1 Å². The highest BCUT2D eigenvalue weighted by molar-refractivity contribution is 6.04. The van der Waals surface area contributed by atoms with E-state index in [-0.39, 0.29) is 25.2 Å². The Labute approximate surface area is 114 Å². The maximum Gasteiger partial charge on any atom is 0.305 e. The minimum absolute atomic E-state index is 0.0416. The largest absolute Gasteiger partial charge is 0.481 e. The van der Waals surface area contributed by atoms with Crippen molar-refractivity contribution in [1.29, 1.82) is 0 Å². The Balaban J connectivity index is 1.86. The lowest BCUT2D eigenvalue weighted by Crippen LogP contribution is -2.36. The number of hydrogen-bond donors (Lipinski definition) is 2. The molecular weight excluding hydrogens is 267 g/mol. The van der Waals surface area contributed by atoms with Gasteiger partial charge in [0.25, 0.3) is 5.91 Å². The van der Waals surface area contributed by atoms with E-state index < -0.39 is 18.0 Å². The van der Waals surface area contributed by atoms with Crippen molar-refractivity contribution in [2.24, 2.45) is 5.16 Å². The number of nitrogens with one attached hydrogen (secondary N) is 1. The average Bonchev–Trinajstić information content (AvgIpc) is 2.88. The van der Waals surface area contributed by atoms with Crippen LogP contribution >= 0.6 is 0 Å². The number of rotatable bonds is 5. The standard InChI is InChI=1S/C13H13FN2O4/c14-9-3-1-8(2-4-9)10-7-11(20-16-10)13(19)15-6-5-12(17)18/h1-4,11H,5-7H2,(H,15,19)(H,17,18). The Kier molecular flexibility index (Phi) is 4.29. The third-order valence-corrected chi connectivity index (χ3v) is 2.78. The number of carbonyl (C=O) groups is 2. The van der Waals surface area contributed by atoms with Gasteiger partial charge in [-0.3, -0.25) is 9.59 Å². The number of hydrogen-bond acceptors (Lipinski definition) is 4. The number of aliphatic carboxylic acids is 1. The van der Waals surface area contributed by atoms with Crippen LogP contribution in [0.2, 0.25) is 0 Å². The van der Waals surface area contributed by atoms with Gasteiger partial charge in [-0.2, -0.15) is 0 Å². The number of benzene rings is 1. The summed E-state index contributed by atoms with van der Waals surface area (Å²) in [5.74, 6) is -1.75. The third-order valence-electron chi connectivity index (χ3n) is 2.78. The zero-order valence-electron chi connectivity index (χ0n) is 10.5. The van der Waals surface area contributed by atoms with Crippen LogP contribution in [0.4, 0.5) is 4.39 Å². The molecule has 1 amide bonds. The monoisotopic (exact) mass is 280 g/mol. The van der Waals surface area contributed by atoms with Crippen molar-refractivity contribution in [3.05, 3.63) is 35.6 Å². The van der Waals surface area contributed by atoms with Gasteiger partial charge in [-0.15, -0.1) is 0 Å². The number of nitrogens with zero attached hydrogens (tertiary/aromatic N) is 1. The molecule has 106 valence electrons. The molecular formula is C13H13FN2O4. The molecule has 2 rings (SSSR count). The van der Waals surface area contributed by atoms with Gasteiger partial charge in [0.15, 0.2) is 0 Å². The Morgan fingerprint density at radius 3 is 2.75 bits per heavy atom. The molecule has 0 fully saturated rings. The Hall–Kier alpha value is -2.44. The SMILES string of the molecule is O=C(O)CCNC(=O)C1CC(c2ccc(F)cc2)=NO1. The van der Waals surface area contributed by atoms with Crippen molar-refractivity contribution >= 4 is 17.6 Å². The first-order valence-corrected chi connectivity index (χ1v) is 6.04. The summed E-state index contributed by atoms with van der Waals surface area (Å²) >= 11 is 0. The van der Waals surface area contributed by atoms with E-state index in [4.69, 9.17) is 9.94 Å². The van der Waals surface area contributed by atoms with Crippen LogP contribution in [-0.4, -0.2) is 35.3 Å². The van der Waals surface area contributed by atoms with Crippen LogP contribution in [0.1, 0.15) is 18.4 Å². The highest BCUT2D eigenvalue weighted by atomic mass is 19.1. The minimum atomic E-state index is -0.985. The maximum absolute atomic E-state index is 12.8. The molecule has 1 unspecified atom stereocenters. The Morgan fingerprint density at radius 2 is 2.10 bits per heavy atom. The normalized spacial score (nSPS) is 17.2. The molecule has 0 saturated carbocycles.